The van der Waals surface area contributed by atoms with Crippen LogP contribution in [-0.4, -0.2) is 42.3 Å². The number of benzene rings is 2. The molecule has 2 aromatic rings. The molecular weight excluding hydrogens is 396 g/mol. The topological polar surface area (TPSA) is 108 Å². The van der Waals surface area contributed by atoms with Crippen LogP contribution < -0.4 is 10.1 Å². The van der Waals surface area contributed by atoms with E-state index in [0.717, 1.165) is 11.3 Å². The van der Waals surface area contributed by atoms with Crippen molar-refractivity contribution in [1.82, 2.24) is 5.32 Å². The summed E-state index contributed by atoms with van der Waals surface area (Å²) in [5.74, 6) is -0.167. The van der Waals surface area contributed by atoms with Crippen LogP contribution in [0.5, 0.6) is 5.75 Å². The van der Waals surface area contributed by atoms with E-state index in [9.17, 15) is 19.7 Å². The van der Waals surface area contributed by atoms with Gasteiger partial charge in [0.25, 0.3) is 11.6 Å². The Balaban J connectivity index is 1.71. The van der Waals surface area contributed by atoms with Crippen LogP contribution in [0, 0.1) is 10.1 Å². The number of nitro benzene ring substituents is 1. The summed E-state index contributed by atoms with van der Waals surface area (Å²) in [5.41, 5.74) is 0.954. The first kappa shape index (κ1) is 22.2. The summed E-state index contributed by atoms with van der Waals surface area (Å²) in [7, 11) is 1.59. The summed E-state index contributed by atoms with van der Waals surface area (Å²) in [6.07, 6.45) is 0.593. The number of nitrogens with zero attached hydrogens (tertiary/aromatic N) is 1. The number of carbonyl (C=O) groups is 2. The van der Waals surface area contributed by atoms with Gasteiger partial charge in [-0.1, -0.05) is 18.2 Å². The number of esters is 1. The number of nitrogens with one attached hydrogen (secondary N) is 1. The Hall–Kier alpha value is -3.07. The van der Waals surface area contributed by atoms with E-state index in [4.69, 9.17) is 9.47 Å². The predicted molar refractivity (Wildman–Crippen MR) is 109 cm³/mol. The van der Waals surface area contributed by atoms with Crippen molar-refractivity contribution in [3.63, 3.8) is 0 Å². The highest BCUT2D eigenvalue weighted by atomic mass is 32.2. The first-order valence-electron chi connectivity index (χ1n) is 8.87. The van der Waals surface area contributed by atoms with Crippen LogP contribution in [0.25, 0.3) is 0 Å². The smallest absolute Gasteiger partial charge is 0.319 e. The normalized spacial score (nSPS) is 11.4. The SMILES string of the molecule is COc1ccccc1CCNC(=O)COC(=O)[C@H](C)Sc1ccc([N+](=O)[O-])cc1. The van der Waals surface area contributed by atoms with E-state index in [1.54, 1.807) is 26.2 Å². The first-order valence-corrected chi connectivity index (χ1v) is 9.75. The summed E-state index contributed by atoms with van der Waals surface area (Å²) in [6, 6.07) is 13.4. The highest BCUT2D eigenvalue weighted by Gasteiger charge is 2.18. The fourth-order valence-electron chi connectivity index (χ4n) is 2.45. The van der Waals surface area contributed by atoms with Crippen LogP contribution in [-0.2, 0) is 20.7 Å². The minimum atomic E-state index is -0.558. The zero-order valence-electron chi connectivity index (χ0n) is 16.1. The van der Waals surface area contributed by atoms with Crippen molar-refractivity contribution in [3.8, 4) is 5.75 Å². The Bertz CT molecular complexity index is 856. The maximum Gasteiger partial charge on any atom is 0.319 e. The maximum atomic E-state index is 12.1. The quantitative estimate of drug-likeness (QED) is 0.273. The standard InChI is InChI=1S/C20H22N2O6S/c1-14(29-17-9-7-16(8-10-17)22(25)26)20(24)28-13-19(23)21-12-11-15-5-3-4-6-18(15)27-2/h3-10,14H,11-13H2,1-2H3,(H,21,23)/t14-/m0/s1. The number of carbonyl (C=O) groups excluding carboxylic acids is 2. The molecule has 0 fully saturated rings. The number of ether oxygens (including phenoxy) is 2. The molecule has 0 aliphatic carbocycles. The Morgan fingerprint density at radius 3 is 2.52 bits per heavy atom. The van der Waals surface area contributed by atoms with Gasteiger partial charge in [0.05, 0.1) is 12.0 Å². The predicted octanol–water partition coefficient (Wildman–Crippen LogP) is 2.99. The number of amides is 1. The lowest BCUT2D eigenvalue weighted by Crippen LogP contribution is -2.31. The van der Waals surface area contributed by atoms with E-state index in [-0.39, 0.29) is 18.2 Å². The Morgan fingerprint density at radius 2 is 1.86 bits per heavy atom. The average molecular weight is 418 g/mol. The van der Waals surface area contributed by atoms with Gasteiger partial charge in [-0.2, -0.15) is 0 Å². The summed E-state index contributed by atoms with van der Waals surface area (Å²) in [4.78, 5) is 34.8. The van der Waals surface area contributed by atoms with E-state index in [0.29, 0.717) is 17.9 Å². The molecule has 8 nitrogen and oxygen atoms in total. The molecule has 0 heterocycles. The van der Waals surface area contributed by atoms with Gasteiger partial charge in [-0.05, 0) is 37.1 Å². The van der Waals surface area contributed by atoms with Crippen LogP contribution in [0.3, 0.4) is 0 Å². The fourth-order valence-corrected chi connectivity index (χ4v) is 3.32. The molecule has 0 saturated heterocycles. The van der Waals surface area contributed by atoms with Crippen molar-refractivity contribution < 1.29 is 24.0 Å². The molecule has 0 saturated carbocycles. The van der Waals surface area contributed by atoms with E-state index < -0.39 is 16.1 Å². The van der Waals surface area contributed by atoms with Crippen molar-refractivity contribution in [2.24, 2.45) is 0 Å². The highest BCUT2D eigenvalue weighted by molar-refractivity contribution is 8.00. The average Bonchev–Trinajstić information content (AvgIpc) is 2.72. The van der Waals surface area contributed by atoms with Gasteiger partial charge in [0.1, 0.15) is 11.0 Å². The molecule has 0 aliphatic heterocycles. The Kier molecular flexibility index (Phi) is 8.47. The summed E-state index contributed by atoms with van der Waals surface area (Å²) < 4.78 is 10.3. The molecule has 154 valence electrons. The molecule has 0 spiro atoms. The summed E-state index contributed by atoms with van der Waals surface area (Å²) in [6.45, 7) is 1.67. The van der Waals surface area contributed by atoms with Crippen LogP contribution >= 0.6 is 11.8 Å². The van der Waals surface area contributed by atoms with Gasteiger partial charge in [-0.3, -0.25) is 19.7 Å². The number of methoxy groups -OCH3 is 1. The molecule has 1 amide bonds. The highest BCUT2D eigenvalue weighted by Crippen LogP contribution is 2.26. The zero-order valence-corrected chi connectivity index (χ0v) is 16.9. The van der Waals surface area contributed by atoms with Crippen LogP contribution in [0.1, 0.15) is 12.5 Å². The lowest BCUT2D eigenvalue weighted by Gasteiger charge is -2.12. The van der Waals surface area contributed by atoms with Gasteiger partial charge >= 0.3 is 5.97 Å². The molecule has 0 radical (unpaired) electrons. The van der Waals surface area contributed by atoms with E-state index in [1.807, 2.05) is 24.3 Å². The number of non-ortho nitro benzene ring substituents is 1. The number of para-hydroxylation sites is 1. The van der Waals surface area contributed by atoms with Crippen LogP contribution in [0.15, 0.2) is 53.4 Å². The Labute approximate surface area is 172 Å². The van der Waals surface area contributed by atoms with Gasteiger partial charge in [0.2, 0.25) is 0 Å². The number of rotatable bonds is 10. The first-order chi connectivity index (χ1) is 13.9. The van der Waals surface area contributed by atoms with Gasteiger partial charge in [0.15, 0.2) is 6.61 Å². The largest absolute Gasteiger partial charge is 0.496 e. The minimum absolute atomic E-state index is 0.0191. The third-order valence-electron chi connectivity index (χ3n) is 3.95. The van der Waals surface area contributed by atoms with Crippen molar-refractivity contribution in [2.45, 2.75) is 23.5 Å². The third kappa shape index (κ3) is 7.11. The van der Waals surface area contributed by atoms with Gasteiger partial charge in [0, 0.05) is 23.6 Å². The molecular formula is C20H22N2O6S. The number of thioether (sulfide) groups is 1. The van der Waals surface area contributed by atoms with Crippen molar-refractivity contribution >= 4 is 29.3 Å². The monoisotopic (exact) mass is 418 g/mol. The molecule has 1 N–H and O–H groups in total. The van der Waals surface area contributed by atoms with Crippen molar-refractivity contribution in [3.05, 3.63) is 64.2 Å². The van der Waals surface area contributed by atoms with Gasteiger partial charge in [-0.25, -0.2) is 0 Å². The van der Waals surface area contributed by atoms with Gasteiger partial charge < -0.3 is 14.8 Å². The van der Waals surface area contributed by atoms with Crippen LogP contribution in [0.4, 0.5) is 5.69 Å². The minimum Gasteiger partial charge on any atom is -0.496 e. The second-order valence-corrected chi connectivity index (χ2v) is 7.44. The molecule has 1 atom stereocenters. The van der Waals surface area contributed by atoms with Gasteiger partial charge in [-0.15, -0.1) is 11.8 Å². The summed E-state index contributed by atoms with van der Waals surface area (Å²) >= 11 is 1.20. The summed E-state index contributed by atoms with van der Waals surface area (Å²) in [5, 5.41) is 12.8. The second-order valence-electron chi connectivity index (χ2n) is 6.03. The van der Waals surface area contributed by atoms with E-state index in [2.05, 4.69) is 5.32 Å². The molecule has 2 rings (SSSR count). The van der Waals surface area contributed by atoms with E-state index in [1.165, 1.54) is 23.9 Å². The lowest BCUT2D eigenvalue weighted by atomic mass is 10.1. The molecule has 9 heteroatoms. The van der Waals surface area contributed by atoms with Crippen LogP contribution in [0.2, 0.25) is 0 Å². The Morgan fingerprint density at radius 1 is 1.17 bits per heavy atom. The number of hydrogen-bond acceptors (Lipinski definition) is 7. The zero-order chi connectivity index (χ0) is 21.2. The molecule has 0 bridgehead atoms. The molecule has 2 aromatic carbocycles. The molecule has 29 heavy (non-hydrogen) atoms. The van der Waals surface area contributed by atoms with Crippen molar-refractivity contribution in [1.29, 1.82) is 0 Å². The molecule has 0 aromatic heterocycles. The maximum absolute atomic E-state index is 12.1. The molecule has 0 unspecified atom stereocenters. The molecule has 0 aliphatic rings. The fraction of sp³-hybridized carbons (Fsp3) is 0.300. The number of hydrogen-bond donors (Lipinski definition) is 1. The van der Waals surface area contributed by atoms with E-state index >= 15 is 0 Å². The van der Waals surface area contributed by atoms with Crippen molar-refractivity contribution in [2.75, 3.05) is 20.3 Å². The lowest BCUT2D eigenvalue weighted by molar-refractivity contribution is -0.384. The second kappa shape index (κ2) is 11.1. The number of nitro groups is 1. The third-order valence-corrected chi connectivity index (χ3v) is 5.04.